The number of nitrogens with zero attached hydrogens (tertiary/aromatic N) is 3. The molecule has 7 nitrogen and oxygen atoms in total. The summed E-state index contributed by atoms with van der Waals surface area (Å²) in [6.07, 6.45) is 2.59. The third-order valence-electron chi connectivity index (χ3n) is 6.80. The molecule has 0 aromatic heterocycles. The Morgan fingerprint density at radius 3 is 2.39 bits per heavy atom. The van der Waals surface area contributed by atoms with Crippen molar-refractivity contribution in [2.24, 2.45) is 11.0 Å². The van der Waals surface area contributed by atoms with Crippen molar-refractivity contribution in [3.8, 4) is 5.75 Å². The maximum atomic E-state index is 13.4. The Hall–Kier alpha value is -2.74. The predicted molar refractivity (Wildman–Crippen MR) is 125 cm³/mol. The van der Waals surface area contributed by atoms with Gasteiger partial charge in [-0.15, -0.1) is 0 Å². The highest BCUT2D eigenvalue weighted by atomic mass is 16.7. The third kappa shape index (κ3) is 4.95. The molecule has 0 aliphatic carbocycles. The molecule has 1 unspecified atom stereocenters. The molecule has 0 saturated carbocycles. The highest BCUT2D eigenvalue weighted by Crippen LogP contribution is 2.34. The van der Waals surface area contributed by atoms with Gasteiger partial charge in [-0.05, 0) is 49.2 Å². The van der Waals surface area contributed by atoms with Crippen molar-refractivity contribution in [3.63, 3.8) is 0 Å². The number of carbonyl (C=O) groups excluding carboxylic acids is 1. The molecule has 2 saturated heterocycles. The lowest BCUT2D eigenvalue weighted by atomic mass is 9.96. The topological polar surface area (TPSA) is 63.6 Å². The van der Waals surface area contributed by atoms with Crippen molar-refractivity contribution in [1.29, 1.82) is 0 Å². The lowest BCUT2D eigenvalue weighted by molar-refractivity contribution is -0.135. The van der Waals surface area contributed by atoms with Crippen LogP contribution in [0.2, 0.25) is 0 Å². The zero-order chi connectivity index (χ0) is 22.6. The summed E-state index contributed by atoms with van der Waals surface area (Å²) in [6, 6.07) is 17.9. The standard InChI is InChI=1S/C26H31N3O4/c1-31-22-9-7-20(8-10-22)24-17-23(19-5-3-2-4-6-19)27-29(24)25(30)18-28-13-11-21(12-14-28)26-32-15-16-33-26/h2-10,21,24,26H,11-18H2,1H3. The highest BCUT2D eigenvalue weighted by molar-refractivity contribution is 6.03. The van der Waals surface area contributed by atoms with Crippen LogP contribution in [0.4, 0.5) is 0 Å². The van der Waals surface area contributed by atoms with Crippen LogP contribution in [0.1, 0.15) is 36.4 Å². The van der Waals surface area contributed by atoms with Gasteiger partial charge in [0.25, 0.3) is 5.91 Å². The molecule has 3 aliphatic heterocycles. The molecule has 0 spiro atoms. The van der Waals surface area contributed by atoms with Crippen LogP contribution in [0.15, 0.2) is 59.7 Å². The van der Waals surface area contributed by atoms with E-state index in [-0.39, 0.29) is 18.2 Å². The van der Waals surface area contributed by atoms with E-state index in [1.807, 2.05) is 42.5 Å². The fourth-order valence-corrected chi connectivity index (χ4v) is 4.93. The SMILES string of the molecule is COc1ccc(C2CC(c3ccccc3)=NN2C(=O)CN2CCC(C3OCCO3)CC2)cc1. The summed E-state index contributed by atoms with van der Waals surface area (Å²) < 4.78 is 16.7. The first-order chi connectivity index (χ1) is 16.2. The molecule has 3 aliphatic rings. The number of amides is 1. The first-order valence-electron chi connectivity index (χ1n) is 11.8. The fourth-order valence-electron chi connectivity index (χ4n) is 4.93. The summed E-state index contributed by atoms with van der Waals surface area (Å²) in [5.41, 5.74) is 3.07. The van der Waals surface area contributed by atoms with E-state index in [4.69, 9.17) is 19.3 Å². The van der Waals surface area contributed by atoms with Crippen LogP contribution in [0, 0.1) is 5.92 Å². The first-order valence-corrected chi connectivity index (χ1v) is 11.8. The molecule has 2 aromatic rings. The van der Waals surface area contributed by atoms with Crippen LogP contribution in [0.3, 0.4) is 0 Å². The van der Waals surface area contributed by atoms with Gasteiger partial charge in [-0.2, -0.15) is 5.10 Å². The Labute approximate surface area is 194 Å². The fraction of sp³-hybridized carbons (Fsp3) is 0.462. The van der Waals surface area contributed by atoms with Gasteiger partial charge < -0.3 is 14.2 Å². The number of piperidine rings is 1. The van der Waals surface area contributed by atoms with Gasteiger partial charge in [0.2, 0.25) is 0 Å². The number of carbonyl (C=O) groups is 1. The Bertz CT molecular complexity index is 965. The minimum atomic E-state index is -0.114. The van der Waals surface area contributed by atoms with Crippen molar-refractivity contribution < 1.29 is 19.0 Å². The summed E-state index contributed by atoms with van der Waals surface area (Å²) >= 11 is 0. The molecule has 5 rings (SSSR count). The normalized spacial score (nSPS) is 22.5. The number of hydrazone groups is 1. The first kappa shape index (κ1) is 22.1. The van der Waals surface area contributed by atoms with Crippen LogP contribution >= 0.6 is 0 Å². The maximum Gasteiger partial charge on any atom is 0.257 e. The zero-order valence-electron chi connectivity index (χ0n) is 19.1. The lowest BCUT2D eigenvalue weighted by Gasteiger charge is -2.34. The molecular weight excluding hydrogens is 418 g/mol. The van der Waals surface area contributed by atoms with Gasteiger partial charge in [-0.1, -0.05) is 42.5 Å². The molecular formula is C26H31N3O4. The largest absolute Gasteiger partial charge is 0.497 e. The maximum absolute atomic E-state index is 13.4. The van der Waals surface area contributed by atoms with Gasteiger partial charge >= 0.3 is 0 Å². The molecule has 7 heteroatoms. The molecule has 33 heavy (non-hydrogen) atoms. The summed E-state index contributed by atoms with van der Waals surface area (Å²) in [6.45, 7) is 3.49. The van der Waals surface area contributed by atoms with Gasteiger partial charge in [-0.3, -0.25) is 9.69 Å². The zero-order valence-corrected chi connectivity index (χ0v) is 19.1. The minimum absolute atomic E-state index is 0.0357. The van der Waals surface area contributed by atoms with Crippen LogP contribution in [0.25, 0.3) is 0 Å². The number of likely N-dealkylation sites (tertiary alicyclic amines) is 1. The van der Waals surface area contributed by atoms with E-state index in [0.29, 0.717) is 32.1 Å². The van der Waals surface area contributed by atoms with E-state index in [9.17, 15) is 4.79 Å². The Balaban J connectivity index is 1.29. The van der Waals surface area contributed by atoms with Crippen molar-refractivity contribution in [1.82, 2.24) is 9.91 Å². The second-order valence-electron chi connectivity index (χ2n) is 8.87. The molecule has 2 aromatic carbocycles. The number of benzene rings is 2. The Kier molecular flexibility index (Phi) is 6.71. The summed E-state index contributed by atoms with van der Waals surface area (Å²) in [5, 5.41) is 6.50. The number of hydrogen-bond acceptors (Lipinski definition) is 6. The van der Waals surface area contributed by atoms with E-state index in [1.54, 1.807) is 12.1 Å². The average molecular weight is 450 g/mol. The molecule has 1 amide bonds. The summed E-state index contributed by atoms with van der Waals surface area (Å²) in [5.74, 6) is 1.26. The number of hydrogen-bond donors (Lipinski definition) is 0. The van der Waals surface area contributed by atoms with Crippen molar-refractivity contribution >= 4 is 11.6 Å². The van der Waals surface area contributed by atoms with E-state index < -0.39 is 0 Å². The molecule has 0 N–H and O–H groups in total. The number of methoxy groups -OCH3 is 1. The highest BCUT2D eigenvalue weighted by Gasteiger charge is 2.35. The smallest absolute Gasteiger partial charge is 0.257 e. The van der Waals surface area contributed by atoms with Crippen molar-refractivity contribution in [3.05, 3.63) is 65.7 Å². The second kappa shape index (κ2) is 10.0. The minimum Gasteiger partial charge on any atom is -0.497 e. The van der Waals surface area contributed by atoms with Crippen LogP contribution in [0.5, 0.6) is 5.75 Å². The second-order valence-corrected chi connectivity index (χ2v) is 8.87. The molecule has 2 fully saturated rings. The van der Waals surface area contributed by atoms with Crippen LogP contribution in [-0.2, 0) is 14.3 Å². The van der Waals surface area contributed by atoms with Crippen LogP contribution < -0.4 is 4.74 Å². The Morgan fingerprint density at radius 1 is 1.03 bits per heavy atom. The third-order valence-corrected chi connectivity index (χ3v) is 6.80. The van der Waals surface area contributed by atoms with E-state index in [1.165, 1.54) is 0 Å². The quantitative estimate of drug-likeness (QED) is 0.676. The predicted octanol–water partition coefficient (Wildman–Crippen LogP) is 3.46. The lowest BCUT2D eigenvalue weighted by Crippen LogP contribution is -2.43. The molecule has 0 radical (unpaired) electrons. The van der Waals surface area contributed by atoms with Crippen molar-refractivity contribution in [2.45, 2.75) is 31.6 Å². The van der Waals surface area contributed by atoms with E-state index in [2.05, 4.69) is 17.0 Å². The van der Waals surface area contributed by atoms with Gasteiger partial charge in [0.05, 0.1) is 38.6 Å². The Morgan fingerprint density at radius 2 is 1.73 bits per heavy atom. The number of ether oxygens (including phenoxy) is 3. The average Bonchev–Trinajstić information content (AvgIpc) is 3.56. The molecule has 0 bridgehead atoms. The van der Waals surface area contributed by atoms with Gasteiger partial charge in [0, 0.05) is 12.3 Å². The number of rotatable bonds is 6. The van der Waals surface area contributed by atoms with E-state index >= 15 is 0 Å². The molecule has 174 valence electrons. The summed E-state index contributed by atoms with van der Waals surface area (Å²) in [4.78, 5) is 15.7. The van der Waals surface area contributed by atoms with E-state index in [0.717, 1.165) is 48.5 Å². The van der Waals surface area contributed by atoms with Gasteiger partial charge in [0.1, 0.15) is 5.75 Å². The van der Waals surface area contributed by atoms with Crippen LogP contribution in [-0.4, -0.2) is 67.8 Å². The van der Waals surface area contributed by atoms with Gasteiger partial charge in [0.15, 0.2) is 6.29 Å². The molecule has 1 atom stereocenters. The van der Waals surface area contributed by atoms with Crippen molar-refractivity contribution in [2.75, 3.05) is 40.0 Å². The monoisotopic (exact) mass is 449 g/mol. The molecule has 3 heterocycles. The summed E-state index contributed by atoms with van der Waals surface area (Å²) in [7, 11) is 1.66. The van der Waals surface area contributed by atoms with Gasteiger partial charge in [-0.25, -0.2) is 5.01 Å².